The second-order valence-electron chi connectivity index (χ2n) is 26.8. The molecule has 4 heterocycles. The minimum absolute atomic E-state index is 0.00598. The Balaban J connectivity index is 0.907. The molecular formula is C55H92O24. The SMILES string of the molecule is C[C@H](CC[C@@H](O[C@@H]1O[C@H](CO[C@H]2O[C@H](CO)[C@@H](O)[C@H](O)[C@H]2O)[C@@H](O)[C@H](O)[C@H]1O[C@@H]1O[C@H](CO)[C@@H](O)[C@H](O)[C@H]1O)C(C)(C)O)C1CC[C@@]2(C)C3CC=C4C(CC[C@H](O[C@@H]5OC6(CC6O)[C@@H](O)[C@H](O)[C@H]5O)C4(C)C)[C@]3(C)[C@H](O)C[C@]12C. The summed E-state index contributed by atoms with van der Waals surface area (Å²) in [6, 6.07) is 0. The number of ether oxygens (including phenoxy) is 8. The first kappa shape index (κ1) is 62.3. The molecule has 456 valence electrons. The first-order valence-corrected chi connectivity index (χ1v) is 28.6. The maximum atomic E-state index is 12.7. The van der Waals surface area contributed by atoms with Crippen molar-refractivity contribution < 1.29 is 120 Å². The van der Waals surface area contributed by atoms with Gasteiger partial charge in [-0.05, 0) is 99.7 Å². The standard InChI is InChI=1S/C55H92O24/c1-22(23-15-16-52(6)29-12-10-24-25(54(29,8)30(58)17-53(23,52)7)11-14-32(50(24,2)3)76-48-43(69)40(66)45(70)55(79-48)18-31(55)59)9-13-33(51(4,5)71)77-49-44(78-47-42(68)38(64)35(61)27(20-57)74-47)39(65)36(62)28(75-49)21-72-46-41(67)37(63)34(60)26(19-56)73-46/h10,22-23,25-49,56-71H,9,11-21H2,1-8H3/t22-,23?,25?,26-,27-,28-,29?,30-,31?,32+,33-,34-,35-,36-,37+,38+,39+,40-,41-,42-,43-,44-,45+,46+,47+,48-,49+,52+,53-,54+,55?/m1/s1. The quantitative estimate of drug-likeness (QED) is 0.0681. The van der Waals surface area contributed by atoms with Crippen molar-refractivity contribution in [2.45, 2.75) is 266 Å². The van der Waals surface area contributed by atoms with Crippen LogP contribution in [0, 0.1) is 45.3 Å². The maximum absolute atomic E-state index is 12.7. The zero-order chi connectivity index (χ0) is 58.0. The van der Waals surface area contributed by atoms with Crippen LogP contribution < -0.4 is 0 Å². The number of aliphatic hydroxyl groups is 16. The summed E-state index contributed by atoms with van der Waals surface area (Å²) in [6.45, 7) is 14.1. The van der Waals surface area contributed by atoms with Gasteiger partial charge in [-0.1, -0.05) is 53.2 Å². The van der Waals surface area contributed by atoms with Crippen LogP contribution in [-0.4, -0.2) is 254 Å². The van der Waals surface area contributed by atoms with Crippen LogP contribution in [0.4, 0.5) is 0 Å². The van der Waals surface area contributed by atoms with Crippen LogP contribution in [0.25, 0.3) is 0 Å². The maximum Gasteiger partial charge on any atom is 0.187 e. The highest BCUT2D eigenvalue weighted by atomic mass is 16.8. The molecule has 0 amide bonds. The highest BCUT2D eigenvalue weighted by Gasteiger charge is 2.71. The number of allylic oxidation sites excluding steroid dienone is 1. The molecule has 4 saturated carbocycles. The highest BCUT2D eigenvalue weighted by Crippen LogP contribution is 2.75. The Morgan fingerprint density at radius 2 is 1.19 bits per heavy atom. The van der Waals surface area contributed by atoms with Crippen molar-refractivity contribution >= 4 is 0 Å². The minimum Gasteiger partial charge on any atom is -0.394 e. The summed E-state index contributed by atoms with van der Waals surface area (Å²) in [7, 11) is 0. The zero-order valence-corrected chi connectivity index (χ0v) is 46.6. The van der Waals surface area contributed by atoms with Gasteiger partial charge in [-0.25, -0.2) is 0 Å². The van der Waals surface area contributed by atoms with E-state index in [1.54, 1.807) is 0 Å². The van der Waals surface area contributed by atoms with Crippen LogP contribution in [0.15, 0.2) is 11.6 Å². The van der Waals surface area contributed by atoms with E-state index in [1.807, 2.05) is 0 Å². The van der Waals surface area contributed by atoms with E-state index in [0.29, 0.717) is 32.1 Å². The van der Waals surface area contributed by atoms with Gasteiger partial charge in [0.25, 0.3) is 0 Å². The van der Waals surface area contributed by atoms with Gasteiger partial charge in [-0.15, -0.1) is 0 Å². The van der Waals surface area contributed by atoms with Crippen LogP contribution in [0.3, 0.4) is 0 Å². The molecule has 0 aromatic carbocycles. The smallest absolute Gasteiger partial charge is 0.187 e. The molecule has 5 unspecified atom stereocenters. The molecule has 0 radical (unpaired) electrons. The predicted octanol–water partition coefficient (Wildman–Crippen LogP) is -3.09. The molecule has 8 fully saturated rings. The fraction of sp³-hybridized carbons (Fsp3) is 0.964. The summed E-state index contributed by atoms with van der Waals surface area (Å²) >= 11 is 0. The first-order valence-electron chi connectivity index (χ1n) is 28.6. The molecule has 1 spiro atoms. The summed E-state index contributed by atoms with van der Waals surface area (Å²) in [5.74, 6) is 0.226. The van der Waals surface area contributed by atoms with E-state index in [2.05, 4.69) is 47.6 Å². The van der Waals surface area contributed by atoms with Crippen molar-refractivity contribution in [2.24, 2.45) is 45.3 Å². The Morgan fingerprint density at radius 1 is 0.620 bits per heavy atom. The molecule has 0 aromatic rings. The molecule has 31 atom stereocenters. The normalized spacial score (nSPS) is 53.4. The molecule has 0 aromatic heterocycles. The topological polar surface area (TPSA) is 398 Å². The number of fused-ring (bicyclic) bond motifs is 5. The van der Waals surface area contributed by atoms with Crippen molar-refractivity contribution in [3.05, 3.63) is 11.6 Å². The Labute approximate surface area is 460 Å². The lowest BCUT2D eigenvalue weighted by Crippen LogP contribution is -2.65. The van der Waals surface area contributed by atoms with Crippen molar-refractivity contribution in [1.82, 2.24) is 0 Å². The summed E-state index contributed by atoms with van der Waals surface area (Å²) in [5.41, 5.74) is -3.45. The van der Waals surface area contributed by atoms with E-state index < -0.39 is 183 Å². The van der Waals surface area contributed by atoms with Crippen molar-refractivity contribution in [1.29, 1.82) is 0 Å². The number of hydrogen-bond acceptors (Lipinski definition) is 24. The van der Waals surface area contributed by atoms with Crippen molar-refractivity contribution in [3.63, 3.8) is 0 Å². The molecule has 5 aliphatic carbocycles. The molecule has 4 saturated heterocycles. The lowest BCUT2D eigenvalue weighted by Gasteiger charge is -2.67. The third-order valence-corrected chi connectivity index (χ3v) is 21.6. The van der Waals surface area contributed by atoms with Gasteiger partial charge in [-0.3, -0.25) is 0 Å². The average molecular weight is 1140 g/mol. The van der Waals surface area contributed by atoms with Gasteiger partial charge >= 0.3 is 0 Å². The molecule has 9 aliphatic rings. The van der Waals surface area contributed by atoms with Gasteiger partial charge in [0.1, 0.15) is 97.2 Å². The number of aliphatic hydroxyl groups excluding tert-OH is 15. The molecule has 24 heteroatoms. The minimum atomic E-state index is -1.93. The highest BCUT2D eigenvalue weighted by molar-refractivity contribution is 5.32. The summed E-state index contributed by atoms with van der Waals surface area (Å²) in [4.78, 5) is 0. The van der Waals surface area contributed by atoms with Gasteiger partial charge in [-0.2, -0.15) is 0 Å². The third-order valence-electron chi connectivity index (χ3n) is 21.6. The van der Waals surface area contributed by atoms with Crippen molar-refractivity contribution in [3.8, 4) is 0 Å². The van der Waals surface area contributed by atoms with E-state index in [4.69, 9.17) is 37.9 Å². The second kappa shape index (κ2) is 22.6. The van der Waals surface area contributed by atoms with Gasteiger partial charge in [0.2, 0.25) is 0 Å². The Bertz CT molecular complexity index is 2130. The van der Waals surface area contributed by atoms with Gasteiger partial charge in [0.05, 0.1) is 49.8 Å². The zero-order valence-electron chi connectivity index (χ0n) is 46.6. The Morgan fingerprint density at radius 3 is 1.78 bits per heavy atom. The summed E-state index contributed by atoms with van der Waals surface area (Å²) < 4.78 is 48.1. The summed E-state index contributed by atoms with van der Waals surface area (Å²) in [6.07, 6.45) is -27.3. The molecule has 9 rings (SSSR count). The lowest BCUT2D eigenvalue weighted by atomic mass is 9.38. The second-order valence-corrected chi connectivity index (χ2v) is 26.8. The largest absolute Gasteiger partial charge is 0.394 e. The predicted molar refractivity (Wildman–Crippen MR) is 270 cm³/mol. The molecule has 4 aliphatic heterocycles. The van der Waals surface area contributed by atoms with E-state index in [0.717, 1.165) is 12.8 Å². The van der Waals surface area contributed by atoms with Gasteiger partial charge < -0.3 is 120 Å². The van der Waals surface area contributed by atoms with E-state index >= 15 is 0 Å². The Kier molecular flexibility index (Phi) is 17.8. The third kappa shape index (κ3) is 10.4. The van der Waals surface area contributed by atoms with Crippen LogP contribution in [0.1, 0.15) is 113 Å². The van der Waals surface area contributed by atoms with Gasteiger partial charge in [0.15, 0.2) is 25.2 Å². The molecule has 0 bridgehead atoms. The van der Waals surface area contributed by atoms with E-state index in [9.17, 15) is 81.7 Å². The van der Waals surface area contributed by atoms with E-state index in [-0.39, 0.29) is 47.3 Å². The average Bonchev–Trinajstić information content (AvgIpc) is 4.18. The van der Waals surface area contributed by atoms with Crippen LogP contribution in [0.2, 0.25) is 0 Å². The van der Waals surface area contributed by atoms with E-state index in [1.165, 1.54) is 19.4 Å². The fourth-order valence-corrected chi connectivity index (χ4v) is 16.2. The van der Waals surface area contributed by atoms with Crippen molar-refractivity contribution in [2.75, 3.05) is 19.8 Å². The first-order chi connectivity index (χ1) is 36.8. The molecular weight excluding hydrogens is 1040 g/mol. The van der Waals surface area contributed by atoms with Crippen LogP contribution in [0.5, 0.6) is 0 Å². The lowest BCUT2D eigenvalue weighted by molar-refractivity contribution is -0.380. The molecule has 16 N–H and O–H groups in total. The fourth-order valence-electron chi connectivity index (χ4n) is 16.2. The van der Waals surface area contributed by atoms with Crippen LogP contribution in [-0.2, 0) is 37.9 Å². The van der Waals surface area contributed by atoms with Gasteiger partial charge in [0, 0.05) is 17.3 Å². The van der Waals surface area contributed by atoms with Crippen LogP contribution >= 0.6 is 0 Å². The molecule has 79 heavy (non-hydrogen) atoms. The molecule has 24 nitrogen and oxygen atoms in total. The Hall–Kier alpha value is -1.22. The number of rotatable bonds is 16. The number of hydrogen-bond donors (Lipinski definition) is 16. The monoisotopic (exact) mass is 1140 g/mol. The summed E-state index contributed by atoms with van der Waals surface area (Å²) in [5, 5.41) is 173.